The summed E-state index contributed by atoms with van der Waals surface area (Å²) in [6.45, 7) is 8.72. The third-order valence-corrected chi connectivity index (χ3v) is 2.43. The van der Waals surface area contributed by atoms with E-state index < -0.39 is 0 Å². The van der Waals surface area contributed by atoms with Crippen LogP contribution in [0.25, 0.3) is 0 Å². The lowest BCUT2D eigenvalue weighted by atomic mass is 10.3. The van der Waals surface area contributed by atoms with Crippen molar-refractivity contribution in [2.45, 2.75) is 20.4 Å². The quantitative estimate of drug-likeness (QED) is 0.746. The SMILES string of the molecule is C=CCN(CCO)C(=O)c1cc(C)nn1CC. The molecule has 0 aliphatic heterocycles. The van der Waals surface area contributed by atoms with E-state index in [1.807, 2.05) is 13.8 Å². The number of rotatable bonds is 6. The summed E-state index contributed by atoms with van der Waals surface area (Å²) in [7, 11) is 0. The Hall–Kier alpha value is -1.62. The van der Waals surface area contributed by atoms with Crippen LogP contribution in [-0.4, -0.2) is 45.4 Å². The summed E-state index contributed by atoms with van der Waals surface area (Å²) in [5.41, 5.74) is 1.37. The first-order valence-corrected chi connectivity index (χ1v) is 5.69. The summed E-state index contributed by atoms with van der Waals surface area (Å²) in [5.74, 6) is -0.124. The Labute approximate surface area is 101 Å². The number of hydrogen-bond donors (Lipinski definition) is 1. The van der Waals surface area contributed by atoms with E-state index in [-0.39, 0.29) is 12.5 Å². The molecule has 0 saturated carbocycles. The molecular formula is C12H19N3O2. The van der Waals surface area contributed by atoms with Gasteiger partial charge in [-0.15, -0.1) is 6.58 Å². The van der Waals surface area contributed by atoms with Crippen LogP contribution in [-0.2, 0) is 6.54 Å². The lowest BCUT2D eigenvalue weighted by molar-refractivity contribution is 0.0730. The Morgan fingerprint density at radius 2 is 2.41 bits per heavy atom. The molecule has 1 amide bonds. The summed E-state index contributed by atoms with van der Waals surface area (Å²) in [5, 5.41) is 13.2. The van der Waals surface area contributed by atoms with Gasteiger partial charge in [-0.1, -0.05) is 6.08 Å². The lowest BCUT2D eigenvalue weighted by Gasteiger charge is -2.20. The monoisotopic (exact) mass is 237 g/mol. The van der Waals surface area contributed by atoms with Crippen molar-refractivity contribution < 1.29 is 9.90 Å². The van der Waals surface area contributed by atoms with Gasteiger partial charge < -0.3 is 10.0 Å². The minimum atomic E-state index is -0.124. The van der Waals surface area contributed by atoms with E-state index in [1.165, 1.54) is 0 Å². The molecule has 0 spiro atoms. The Morgan fingerprint density at radius 1 is 1.71 bits per heavy atom. The van der Waals surface area contributed by atoms with Crippen molar-refractivity contribution in [3.05, 3.63) is 30.1 Å². The van der Waals surface area contributed by atoms with Crippen LogP contribution in [0.2, 0.25) is 0 Å². The summed E-state index contributed by atoms with van der Waals surface area (Å²) >= 11 is 0. The van der Waals surface area contributed by atoms with Crippen molar-refractivity contribution in [3.8, 4) is 0 Å². The highest BCUT2D eigenvalue weighted by Crippen LogP contribution is 2.08. The molecule has 0 saturated heterocycles. The number of aromatic nitrogens is 2. The number of aryl methyl sites for hydroxylation is 2. The van der Waals surface area contributed by atoms with Gasteiger partial charge in [-0.25, -0.2) is 0 Å². The fourth-order valence-electron chi connectivity index (χ4n) is 1.67. The first-order valence-electron chi connectivity index (χ1n) is 5.69. The van der Waals surface area contributed by atoms with Gasteiger partial charge in [-0.3, -0.25) is 9.48 Å². The van der Waals surface area contributed by atoms with Crippen molar-refractivity contribution in [1.82, 2.24) is 14.7 Å². The average Bonchev–Trinajstić information content (AvgIpc) is 2.69. The Kier molecular flexibility index (Phi) is 4.90. The molecule has 0 fully saturated rings. The largest absolute Gasteiger partial charge is 0.395 e. The van der Waals surface area contributed by atoms with Gasteiger partial charge in [0.25, 0.3) is 5.91 Å². The molecule has 0 unspecified atom stereocenters. The summed E-state index contributed by atoms with van der Waals surface area (Å²) in [6.07, 6.45) is 1.65. The molecule has 0 bridgehead atoms. The number of aliphatic hydroxyl groups is 1. The molecule has 1 aromatic rings. The van der Waals surface area contributed by atoms with E-state index in [4.69, 9.17) is 5.11 Å². The molecule has 5 heteroatoms. The van der Waals surface area contributed by atoms with E-state index in [0.29, 0.717) is 25.3 Å². The molecule has 1 rings (SSSR count). The average molecular weight is 237 g/mol. The van der Waals surface area contributed by atoms with E-state index in [0.717, 1.165) is 5.69 Å². The van der Waals surface area contributed by atoms with E-state index >= 15 is 0 Å². The predicted molar refractivity (Wildman–Crippen MR) is 65.8 cm³/mol. The van der Waals surface area contributed by atoms with Crippen LogP contribution in [0, 0.1) is 6.92 Å². The fraction of sp³-hybridized carbons (Fsp3) is 0.500. The maximum Gasteiger partial charge on any atom is 0.272 e. The maximum atomic E-state index is 12.2. The van der Waals surface area contributed by atoms with Crippen LogP contribution in [0.15, 0.2) is 18.7 Å². The van der Waals surface area contributed by atoms with E-state index in [9.17, 15) is 4.79 Å². The van der Waals surface area contributed by atoms with Crippen LogP contribution in [0.4, 0.5) is 0 Å². The molecule has 0 aliphatic rings. The number of carbonyl (C=O) groups is 1. The van der Waals surface area contributed by atoms with Gasteiger partial charge in [0.1, 0.15) is 5.69 Å². The molecule has 1 heterocycles. The summed E-state index contributed by atoms with van der Waals surface area (Å²) in [6, 6.07) is 1.76. The molecule has 17 heavy (non-hydrogen) atoms. The lowest BCUT2D eigenvalue weighted by Crippen LogP contribution is -2.35. The van der Waals surface area contributed by atoms with Gasteiger partial charge in [-0.05, 0) is 19.9 Å². The second-order valence-electron chi connectivity index (χ2n) is 3.75. The van der Waals surface area contributed by atoms with Gasteiger partial charge in [-0.2, -0.15) is 5.10 Å². The van der Waals surface area contributed by atoms with Gasteiger partial charge in [0.15, 0.2) is 0 Å². The highest BCUT2D eigenvalue weighted by Gasteiger charge is 2.18. The molecule has 0 atom stereocenters. The van der Waals surface area contributed by atoms with Crippen LogP contribution < -0.4 is 0 Å². The van der Waals surface area contributed by atoms with Crippen molar-refractivity contribution in [1.29, 1.82) is 0 Å². The molecule has 1 N–H and O–H groups in total. The highest BCUT2D eigenvalue weighted by atomic mass is 16.3. The van der Waals surface area contributed by atoms with Crippen molar-refractivity contribution in [3.63, 3.8) is 0 Å². The van der Waals surface area contributed by atoms with Crippen LogP contribution in [0.5, 0.6) is 0 Å². The zero-order valence-electron chi connectivity index (χ0n) is 10.4. The van der Waals surface area contributed by atoms with Gasteiger partial charge in [0.05, 0.1) is 12.3 Å². The molecule has 1 aromatic heterocycles. The fourth-order valence-corrected chi connectivity index (χ4v) is 1.67. The van der Waals surface area contributed by atoms with Crippen LogP contribution in [0.1, 0.15) is 23.1 Å². The number of aliphatic hydroxyl groups excluding tert-OH is 1. The maximum absolute atomic E-state index is 12.2. The van der Waals surface area contributed by atoms with Gasteiger partial charge >= 0.3 is 0 Å². The third kappa shape index (κ3) is 3.17. The smallest absolute Gasteiger partial charge is 0.272 e. The van der Waals surface area contributed by atoms with Crippen LogP contribution >= 0.6 is 0 Å². The topological polar surface area (TPSA) is 58.4 Å². The Balaban J connectivity index is 2.95. The zero-order chi connectivity index (χ0) is 12.8. The molecule has 0 radical (unpaired) electrons. The zero-order valence-corrected chi connectivity index (χ0v) is 10.4. The summed E-state index contributed by atoms with van der Waals surface area (Å²) < 4.78 is 1.67. The molecule has 94 valence electrons. The standard InChI is InChI=1S/C12H19N3O2/c1-4-6-14(7-8-16)12(17)11-9-10(3)13-15(11)5-2/h4,9,16H,1,5-8H2,2-3H3. The molecule has 0 aliphatic carbocycles. The Bertz CT molecular complexity index is 398. The minimum absolute atomic E-state index is 0.0567. The number of hydrogen-bond acceptors (Lipinski definition) is 3. The molecular weight excluding hydrogens is 218 g/mol. The minimum Gasteiger partial charge on any atom is -0.395 e. The first-order chi connectivity index (χ1) is 8.13. The Morgan fingerprint density at radius 3 is 2.94 bits per heavy atom. The molecule has 5 nitrogen and oxygen atoms in total. The van der Waals surface area contributed by atoms with Crippen molar-refractivity contribution >= 4 is 5.91 Å². The van der Waals surface area contributed by atoms with Crippen LogP contribution in [0.3, 0.4) is 0 Å². The molecule has 0 aromatic carbocycles. The van der Waals surface area contributed by atoms with Gasteiger partial charge in [0.2, 0.25) is 0 Å². The third-order valence-electron chi connectivity index (χ3n) is 2.43. The second kappa shape index (κ2) is 6.20. The van der Waals surface area contributed by atoms with Crippen molar-refractivity contribution in [2.24, 2.45) is 0 Å². The second-order valence-corrected chi connectivity index (χ2v) is 3.75. The van der Waals surface area contributed by atoms with E-state index in [2.05, 4.69) is 11.7 Å². The summed E-state index contributed by atoms with van der Waals surface area (Å²) in [4.78, 5) is 13.8. The number of carbonyl (C=O) groups excluding carboxylic acids is 1. The van der Waals surface area contributed by atoms with Gasteiger partial charge in [0, 0.05) is 19.6 Å². The number of amides is 1. The number of nitrogens with zero attached hydrogens (tertiary/aromatic N) is 3. The highest BCUT2D eigenvalue weighted by molar-refractivity contribution is 5.92. The van der Waals surface area contributed by atoms with E-state index in [1.54, 1.807) is 21.7 Å². The predicted octanol–water partition coefficient (Wildman–Crippen LogP) is 0.832. The van der Waals surface area contributed by atoms with Crippen molar-refractivity contribution in [2.75, 3.05) is 19.7 Å². The first kappa shape index (κ1) is 13.4. The normalized spacial score (nSPS) is 10.3.